The van der Waals surface area contributed by atoms with E-state index in [9.17, 15) is 4.79 Å². The summed E-state index contributed by atoms with van der Waals surface area (Å²) < 4.78 is 0. The molecule has 1 N–H and O–H groups in total. The zero-order valence-electron chi connectivity index (χ0n) is 11.2. The van der Waals surface area contributed by atoms with Crippen molar-refractivity contribution >= 4 is 5.91 Å². The molecule has 0 bridgehead atoms. The molecule has 1 aromatic carbocycles. The maximum atomic E-state index is 12.0. The van der Waals surface area contributed by atoms with Crippen molar-refractivity contribution in [2.75, 3.05) is 0 Å². The van der Waals surface area contributed by atoms with Gasteiger partial charge in [-0.15, -0.1) is 0 Å². The molecule has 1 fully saturated rings. The van der Waals surface area contributed by atoms with Gasteiger partial charge in [-0.05, 0) is 25.3 Å². The van der Waals surface area contributed by atoms with Crippen LogP contribution in [0.4, 0.5) is 0 Å². The number of aryl methyl sites for hydroxylation is 1. The lowest BCUT2D eigenvalue weighted by atomic mass is 10.1. The molecular weight excluding hydrogens is 222 g/mol. The largest absolute Gasteiger partial charge is 0.353 e. The first-order chi connectivity index (χ1) is 8.74. The quantitative estimate of drug-likeness (QED) is 0.813. The number of carbonyl (C=O) groups is 1. The Morgan fingerprint density at radius 3 is 2.33 bits per heavy atom. The molecule has 2 nitrogen and oxygen atoms in total. The molecule has 98 valence electrons. The third-order valence-electron chi connectivity index (χ3n) is 3.71. The first-order valence-corrected chi connectivity index (χ1v) is 7.09. The molecule has 1 amide bonds. The molecule has 0 aliphatic heterocycles. The first kappa shape index (κ1) is 13.1. The highest BCUT2D eigenvalue weighted by Gasteiger charge is 2.14. The van der Waals surface area contributed by atoms with E-state index < -0.39 is 0 Å². The summed E-state index contributed by atoms with van der Waals surface area (Å²) in [6.45, 7) is 2.06. The molecule has 0 heterocycles. The van der Waals surface area contributed by atoms with Gasteiger partial charge < -0.3 is 5.32 Å². The van der Waals surface area contributed by atoms with E-state index in [0.717, 1.165) is 18.4 Å². The van der Waals surface area contributed by atoms with E-state index in [-0.39, 0.29) is 5.91 Å². The molecule has 0 radical (unpaired) electrons. The molecular formula is C16H23NO. The Kier molecular flexibility index (Phi) is 4.80. The fraction of sp³-hybridized carbons (Fsp3) is 0.562. The van der Waals surface area contributed by atoms with E-state index in [2.05, 4.69) is 24.4 Å². The average molecular weight is 245 g/mol. The van der Waals surface area contributed by atoms with Crippen molar-refractivity contribution in [1.29, 1.82) is 0 Å². The highest BCUT2D eigenvalue weighted by Crippen LogP contribution is 2.17. The summed E-state index contributed by atoms with van der Waals surface area (Å²) in [6, 6.07) is 8.62. The van der Waals surface area contributed by atoms with Crippen LogP contribution >= 0.6 is 0 Å². The number of rotatable bonds is 3. The standard InChI is InChI=1S/C16H23NO/c1-13-8-10-14(11-9-13)12-16(18)17-15-6-4-2-3-5-7-15/h8-11,15H,2-7,12H2,1H3,(H,17,18). The van der Waals surface area contributed by atoms with E-state index in [0.29, 0.717) is 12.5 Å². The van der Waals surface area contributed by atoms with Crippen LogP contribution in [-0.2, 0) is 11.2 Å². The molecule has 2 heteroatoms. The summed E-state index contributed by atoms with van der Waals surface area (Å²) in [6.07, 6.45) is 7.98. The van der Waals surface area contributed by atoms with Crippen LogP contribution in [0, 0.1) is 6.92 Å². The summed E-state index contributed by atoms with van der Waals surface area (Å²) in [4.78, 5) is 12.0. The van der Waals surface area contributed by atoms with Crippen molar-refractivity contribution in [3.05, 3.63) is 35.4 Å². The van der Waals surface area contributed by atoms with E-state index >= 15 is 0 Å². The highest BCUT2D eigenvalue weighted by atomic mass is 16.1. The number of hydrogen-bond acceptors (Lipinski definition) is 1. The van der Waals surface area contributed by atoms with Crippen molar-refractivity contribution in [3.63, 3.8) is 0 Å². The fourth-order valence-corrected chi connectivity index (χ4v) is 2.59. The predicted octanol–water partition coefficient (Wildman–Crippen LogP) is 3.38. The molecule has 1 aliphatic carbocycles. The molecule has 1 saturated carbocycles. The van der Waals surface area contributed by atoms with E-state index in [1.807, 2.05) is 12.1 Å². The SMILES string of the molecule is Cc1ccc(CC(=O)NC2CCCCCC2)cc1. The Labute approximate surface area is 110 Å². The summed E-state index contributed by atoms with van der Waals surface area (Å²) in [5.74, 6) is 0.172. The van der Waals surface area contributed by atoms with Crippen molar-refractivity contribution < 1.29 is 4.79 Å². The molecule has 2 rings (SSSR count). The molecule has 1 aromatic rings. The Morgan fingerprint density at radius 2 is 1.72 bits per heavy atom. The molecule has 1 aliphatic rings. The fourth-order valence-electron chi connectivity index (χ4n) is 2.59. The average Bonchev–Trinajstić information content (AvgIpc) is 2.61. The maximum absolute atomic E-state index is 12.0. The highest BCUT2D eigenvalue weighted by molar-refractivity contribution is 5.78. The Bertz CT molecular complexity index is 375. The van der Waals surface area contributed by atoms with Crippen LogP contribution < -0.4 is 5.32 Å². The van der Waals surface area contributed by atoms with E-state index in [1.54, 1.807) is 0 Å². The maximum Gasteiger partial charge on any atom is 0.224 e. The summed E-state index contributed by atoms with van der Waals surface area (Å²) >= 11 is 0. The smallest absolute Gasteiger partial charge is 0.224 e. The van der Waals surface area contributed by atoms with Gasteiger partial charge in [0.2, 0.25) is 5.91 Å². The molecule has 18 heavy (non-hydrogen) atoms. The zero-order chi connectivity index (χ0) is 12.8. The second-order valence-corrected chi connectivity index (χ2v) is 5.42. The zero-order valence-corrected chi connectivity index (χ0v) is 11.2. The Morgan fingerprint density at radius 1 is 1.11 bits per heavy atom. The van der Waals surface area contributed by atoms with Crippen molar-refractivity contribution in [1.82, 2.24) is 5.32 Å². The van der Waals surface area contributed by atoms with Crippen LogP contribution in [0.2, 0.25) is 0 Å². The molecule has 0 spiro atoms. The molecule has 0 saturated heterocycles. The topological polar surface area (TPSA) is 29.1 Å². The lowest BCUT2D eigenvalue weighted by Crippen LogP contribution is -2.35. The molecule has 0 unspecified atom stereocenters. The first-order valence-electron chi connectivity index (χ1n) is 7.09. The predicted molar refractivity (Wildman–Crippen MR) is 74.5 cm³/mol. The lowest BCUT2D eigenvalue weighted by molar-refractivity contribution is -0.121. The lowest BCUT2D eigenvalue weighted by Gasteiger charge is -2.16. The number of carbonyl (C=O) groups excluding carboxylic acids is 1. The van der Waals surface area contributed by atoms with Crippen LogP contribution in [0.5, 0.6) is 0 Å². The van der Waals surface area contributed by atoms with Gasteiger partial charge in [-0.3, -0.25) is 4.79 Å². The minimum atomic E-state index is 0.172. The third-order valence-corrected chi connectivity index (χ3v) is 3.71. The number of nitrogens with one attached hydrogen (secondary N) is 1. The van der Waals surface area contributed by atoms with Gasteiger partial charge in [-0.25, -0.2) is 0 Å². The van der Waals surface area contributed by atoms with Crippen LogP contribution in [0.1, 0.15) is 49.7 Å². The number of amides is 1. The Hall–Kier alpha value is -1.31. The minimum absolute atomic E-state index is 0.172. The molecule has 0 aromatic heterocycles. The summed E-state index contributed by atoms with van der Waals surface area (Å²) in [5.41, 5.74) is 2.34. The van der Waals surface area contributed by atoms with Gasteiger partial charge >= 0.3 is 0 Å². The normalized spacial score (nSPS) is 17.2. The van der Waals surface area contributed by atoms with Crippen LogP contribution in [0.3, 0.4) is 0 Å². The van der Waals surface area contributed by atoms with E-state index in [1.165, 1.54) is 31.2 Å². The van der Waals surface area contributed by atoms with Crippen LogP contribution in [-0.4, -0.2) is 11.9 Å². The third kappa shape index (κ3) is 4.17. The Balaban J connectivity index is 1.82. The summed E-state index contributed by atoms with van der Waals surface area (Å²) in [5, 5.41) is 3.18. The van der Waals surface area contributed by atoms with Gasteiger partial charge in [-0.2, -0.15) is 0 Å². The monoisotopic (exact) mass is 245 g/mol. The van der Waals surface area contributed by atoms with Gasteiger partial charge in [-0.1, -0.05) is 55.5 Å². The minimum Gasteiger partial charge on any atom is -0.353 e. The number of hydrogen-bond donors (Lipinski definition) is 1. The van der Waals surface area contributed by atoms with Crippen LogP contribution in [0.15, 0.2) is 24.3 Å². The van der Waals surface area contributed by atoms with Crippen molar-refractivity contribution in [2.45, 2.75) is 57.9 Å². The van der Waals surface area contributed by atoms with Crippen molar-refractivity contribution in [2.24, 2.45) is 0 Å². The van der Waals surface area contributed by atoms with Gasteiger partial charge in [0.1, 0.15) is 0 Å². The second kappa shape index (κ2) is 6.58. The summed E-state index contributed by atoms with van der Waals surface area (Å²) in [7, 11) is 0. The second-order valence-electron chi connectivity index (χ2n) is 5.42. The van der Waals surface area contributed by atoms with Crippen molar-refractivity contribution in [3.8, 4) is 0 Å². The van der Waals surface area contributed by atoms with E-state index in [4.69, 9.17) is 0 Å². The van der Waals surface area contributed by atoms with Gasteiger partial charge in [0.25, 0.3) is 0 Å². The van der Waals surface area contributed by atoms with Gasteiger partial charge in [0.15, 0.2) is 0 Å². The van der Waals surface area contributed by atoms with Gasteiger partial charge in [0, 0.05) is 6.04 Å². The van der Waals surface area contributed by atoms with Crippen LogP contribution in [0.25, 0.3) is 0 Å². The van der Waals surface area contributed by atoms with Gasteiger partial charge in [0.05, 0.1) is 6.42 Å². The molecule has 0 atom stereocenters. The number of benzene rings is 1.